The lowest BCUT2D eigenvalue weighted by atomic mass is 10.0. The summed E-state index contributed by atoms with van der Waals surface area (Å²) in [5.41, 5.74) is 5.98. The summed E-state index contributed by atoms with van der Waals surface area (Å²) in [4.78, 5) is 4.37. The highest BCUT2D eigenvalue weighted by molar-refractivity contribution is 4.98. The number of hydrogen-bond donors (Lipinski definition) is 2. The van der Waals surface area contributed by atoms with Gasteiger partial charge in [-0.1, -0.05) is 27.7 Å². The summed E-state index contributed by atoms with van der Waals surface area (Å²) >= 11 is 0. The van der Waals surface area contributed by atoms with Gasteiger partial charge in [-0.05, 0) is 12.3 Å². The topological polar surface area (TPSA) is 67.6 Å². The highest BCUT2D eigenvalue weighted by atomic mass is 15.2. The molecule has 1 aromatic heterocycles. The first-order valence-corrected chi connectivity index (χ1v) is 5.18. The predicted octanol–water partition coefficient (Wildman–Crippen LogP) is 1.97. The van der Waals surface area contributed by atoms with Gasteiger partial charge in [0, 0.05) is 5.92 Å². The minimum absolute atomic E-state index is 0.0185. The molecular weight excluding hydrogens is 176 g/mol. The smallest absolute Gasteiger partial charge is 0.153 e. The Hall–Kier alpha value is -0.900. The van der Waals surface area contributed by atoms with Crippen LogP contribution in [-0.4, -0.2) is 15.2 Å². The lowest BCUT2D eigenvalue weighted by molar-refractivity contribution is 0.494. The Labute approximate surface area is 85.3 Å². The molecule has 0 saturated heterocycles. The van der Waals surface area contributed by atoms with Crippen LogP contribution in [0.25, 0.3) is 0 Å². The van der Waals surface area contributed by atoms with Crippen molar-refractivity contribution in [3.63, 3.8) is 0 Å². The van der Waals surface area contributed by atoms with E-state index in [0.717, 1.165) is 18.1 Å². The molecule has 0 saturated carbocycles. The van der Waals surface area contributed by atoms with Gasteiger partial charge in [0.2, 0.25) is 0 Å². The molecule has 0 amide bonds. The Kier molecular flexibility index (Phi) is 3.63. The van der Waals surface area contributed by atoms with Crippen molar-refractivity contribution in [2.75, 3.05) is 0 Å². The fourth-order valence-corrected chi connectivity index (χ4v) is 1.33. The van der Waals surface area contributed by atoms with Crippen LogP contribution in [0.5, 0.6) is 0 Å². The van der Waals surface area contributed by atoms with Crippen LogP contribution in [-0.2, 0) is 0 Å². The summed E-state index contributed by atoms with van der Waals surface area (Å²) in [5.74, 6) is 2.59. The molecule has 0 radical (unpaired) electrons. The molecular formula is C10H20N4. The minimum atomic E-state index is -0.0185. The first kappa shape index (κ1) is 11.2. The molecule has 1 atom stereocenters. The first-order valence-electron chi connectivity index (χ1n) is 5.18. The monoisotopic (exact) mass is 196 g/mol. The zero-order valence-electron chi connectivity index (χ0n) is 9.41. The van der Waals surface area contributed by atoms with Crippen LogP contribution >= 0.6 is 0 Å². The lowest BCUT2D eigenvalue weighted by Gasteiger charge is -2.10. The maximum absolute atomic E-state index is 5.98. The molecule has 1 aromatic rings. The summed E-state index contributed by atoms with van der Waals surface area (Å²) in [6, 6.07) is -0.0185. The summed E-state index contributed by atoms with van der Waals surface area (Å²) in [7, 11) is 0. The van der Waals surface area contributed by atoms with Gasteiger partial charge in [-0.15, -0.1) is 0 Å². The summed E-state index contributed by atoms with van der Waals surface area (Å²) in [6.07, 6.45) is 0.937. The number of aromatic amines is 1. The average molecular weight is 196 g/mol. The Morgan fingerprint density at radius 1 is 1.29 bits per heavy atom. The Balaban J connectivity index is 2.66. The Morgan fingerprint density at radius 2 is 1.93 bits per heavy atom. The average Bonchev–Trinajstić information content (AvgIpc) is 2.50. The Morgan fingerprint density at radius 3 is 2.36 bits per heavy atom. The molecule has 0 aliphatic heterocycles. The molecule has 14 heavy (non-hydrogen) atoms. The fourth-order valence-electron chi connectivity index (χ4n) is 1.33. The third-order valence-corrected chi connectivity index (χ3v) is 2.11. The molecule has 80 valence electrons. The van der Waals surface area contributed by atoms with Gasteiger partial charge in [0.05, 0.1) is 6.04 Å². The third kappa shape index (κ3) is 2.80. The normalized spacial score (nSPS) is 13.9. The van der Waals surface area contributed by atoms with Crippen LogP contribution < -0.4 is 5.73 Å². The number of nitrogens with two attached hydrogens (primary N) is 1. The second kappa shape index (κ2) is 4.55. The third-order valence-electron chi connectivity index (χ3n) is 2.11. The Bertz CT molecular complexity index is 277. The van der Waals surface area contributed by atoms with Gasteiger partial charge in [-0.2, -0.15) is 5.10 Å². The van der Waals surface area contributed by atoms with Crippen molar-refractivity contribution in [3.8, 4) is 0 Å². The van der Waals surface area contributed by atoms with E-state index in [-0.39, 0.29) is 6.04 Å². The lowest BCUT2D eigenvalue weighted by Crippen LogP contribution is -2.14. The highest BCUT2D eigenvalue weighted by Crippen LogP contribution is 2.16. The molecule has 0 unspecified atom stereocenters. The minimum Gasteiger partial charge on any atom is -0.321 e. The quantitative estimate of drug-likeness (QED) is 0.773. The number of nitrogens with one attached hydrogen (secondary N) is 1. The number of hydrogen-bond acceptors (Lipinski definition) is 3. The van der Waals surface area contributed by atoms with E-state index in [1.54, 1.807) is 0 Å². The van der Waals surface area contributed by atoms with E-state index >= 15 is 0 Å². The van der Waals surface area contributed by atoms with Gasteiger partial charge in [0.1, 0.15) is 5.82 Å². The van der Waals surface area contributed by atoms with Crippen molar-refractivity contribution in [1.29, 1.82) is 0 Å². The molecule has 1 heterocycles. The van der Waals surface area contributed by atoms with Gasteiger partial charge >= 0.3 is 0 Å². The van der Waals surface area contributed by atoms with Crippen molar-refractivity contribution in [3.05, 3.63) is 11.6 Å². The van der Waals surface area contributed by atoms with Crippen LogP contribution in [0.3, 0.4) is 0 Å². The van der Waals surface area contributed by atoms with E-state index in [2.05, 4.69) is 42.9 Å². The van der Waals surface area contributed by atoms with Crippen LogP contribution in [0.15, 0.2) is 0 Å². The van der Waals surface area contributed by atoms with Crippen LogP contribution in [0, 0.1) is 5.92 Å². The van der Waals surface area contributed by atoms with E-state index in [0.29, 0.717) is 11.8 Å². The molecule has 0 aliphatic carbocycles. The fraction of sp³-hybridized carbons (Fsp3) is 0.800. The van der Waals surface area contributed by atoms with Gasteiger partial charge in [0.25, 0.3) is 0 Å². The van der Waals surface area contributed by atoms with E-state index in [1.807, 2.05) is 0 Å². The summed E-state index contributed by atoms with van der Waals surface area (Å²) in [5, 5.41) is 7.03. The van der Waals surface area contributed by atoms with Crippen molar-refractivity contribution in [1.82, 2.24) is 15.2 Å². The molecule has 0 aromatic carbocycles. The van der Waals surface area contributed by atoms with E-state index in [4.69, 9.17) is 5.73 Å². The molecule has 0 fully saturated rings. The van der Waals surface area contributed by atoms with Crippen molar-refractivity contribution in [2.45, 2.75) is 46.1 Å². The van der Waals surface area contributed by atoms with Gasteiger partial charge in [-0.3, -0.25) is 5.10 Å². The van der Waals surface area contributed by atoms with Gasteiger partial charge < -0.3 is 5.73 Å². The van der Waals surface area contributed by atoms with Crippen LogP contribution in [0.2, 0.25) is 0 Å². The SMILES string of the molecule is CC(C)C[C@@H](N)c1nc(C(C)C)n[nH]1. The largest absolute Gasteiger partial charge is 0.321 e. The summed E-state index contributed by atoms with van der Waals surface area (Å²) in [6.45, 7) is 8.45. The molecule has 0 aliphatic rings. The van der Waals surface area contributed by atoms with E-state index in [9.17, 15) is 0 Å². The maximum atomic E-state index is 5.98. The predicted molar refractivity (Wildman–Crippen MR) is 56.9 cm³/mol. The second-order valence-corrected chi connectivity index (χ2v) is 4.47. The highest BCUT2D eigenvalue weighted by Gasteiger charge is 2.14. The number of aromatic nitrogens is 3. The van der Waals surface area contributed by atoms with E-state index in [1.165, 1.54) is 0 Å². The van der Waals surface area contributed by atoms with Crippen molar-refractivity contribution < 1.29 is 0 Å². The molecule has 4 nitrogen and oxygen atoms in total. The van der Waals surface area contributed by atoms with Gasteiger partial charge in [0.15, 0.2) is 5.82 Å². The van der Waals surface area contributed by atoms with Crippen molar-refractivity contribution >= 4 is 0 Å². The van der Waals surface area contributed by atoms with Crippen LogP contribution in [0.4, 0.5) is 0 Å². The molecule has 4 heteroatoms. The zero-order chi connectivity index (χ0) is 10.7. The van der Waals surface area contributed by atoms with Crippen LogP contribution in [0.1, 0.15) is 57.7 Å². The molecule has 3 N–H and O–H groups in total. The molecule has 1 rings (SSSR count). The maximum Gasteiger partial charge on any atom is 0.153 e. The summed E-state index contributed by atoms with van der Waals surface area (Å²) < 4.78 is 0. The number of H-pyrrole nitrogens is 1. The standard InChI is InChI=1S/C10H20N4/c1-6(2)5-8(11)10-12-9(7(3)4)13-14-10/h6-8H,5,11H2,1-4H3,(H,12,13,14)/t8-/m1/s1. The number of nitrogens with zero attached hydrogens (tertiary/aromatic N) is 2. The molecule has 0 spiro atoms. The van der Waals surface area contributed by atoms with Crippen molar-refractivity contribution in [2.24, 2.45) is 11.7 Å². The first-order chi connectivity index (χ1) is 6.50. The van der Waals surface area contributed by atoms with E-state index < -0.39 is 0 Å². The number of rotatable bonds is 4. The second-order valence-electron chi connectivity index (χ2n) is 4.47. The zero-order valence-corrected chi connectivity index (χ0v) is 9.41. The van der Waals surface area contributed by atoms with Gasteiger partial charge in [-0.25, -0.2) is 4.98 Å². The molecule has 0 bridgehead atoms.